The van der Waals surface area contributed by atoms with Crippen LogP contribution in [-0.2, 0) is 10.0 Å². The fraction of sp³-hybridized carbons (Fsp3) is 0.208. The molecule has 0 heterocycles. The van der Waals surface area contributed by atoms with E-state index in [0.717, 1.165) is 16.7 Å². The zero-order valence-electron chi connectivity index (χ0n) is 17.6. The number of sulfonamides is 1. The van der Waals surface area contributed by atoms with Crippen molar-refractivity contribution < 1.29 is 13.2 Å². The van der Waals surface area contributed by atoms with E-state index in [0.29, 0.717) is 6.42 Å². The Kier molecular flexibility index (Phi) is 7.03. The lowest BCUT2D eigenvalue weighted by Crippen LogP contribution is -2.28. The van der Waals surface area contributed by atoms with Gasteiger partial charge in [-0.05, 0) is 56.2 Å². The summed E-state index contributed by atoms with van der Waals surface area (Å²) in [6, 6.07) is 18.8. The van der Waals surface area contributed by atoms with Gasteiger partial charge < -0.3 is 5.32 Å². The molecule has 0 unspecified atom stereocenters. The van der Waals surface area contributed by atoms with Gasteiger partial charge in [-0.3, -0.25) is 9.52 Å². The molecule has 1 atom stereocenters. The molecule has 0 bridgehead atoms. The summed E-state index contributed by atoms with van der Waals surface area (Å²) in [4.78, 5) is 13.1. The normalized spacial score (nSPS) is 12.3. The quantitative estimate of drug-likeness (QED) is 0.483. The Balaban J connectivity index is 1.82. The highest BCUT2D eigenvalue weighted by molar-refractivity contribution is 7.92. The van der Waals surface area contributed by atoms with Gasteiger partial charge in [0, 0.05) is 5.69 Å². The number of carbonyl (C=O) groups is 1. The SMILES string of the molecule is CC[C@@H](NC(=O)c1cc(NS(=O)(=O)c2ccc(C)cc2)ccc1Cl)c1ccc(C)cc1. The molecule has 0 spiro atoms. The monoisotopic (exact) mass is 456 g/mol. The molecule has 1 amide bonds. The van der Waals surface area contributed by atoms with Crippen molar-refractivity contribution in [3.63, 3.8) is 0 Å². The van der Waals surface area contributed by atoms with Crippen LogP contribution in [0.4, 0.5) is 5.69 Å². The van der Waals surface area contributed by atoms with Crippen molar-refractivity contribution in [1.82, 2.24) is 5.32 Å². The summed E-state index contributed by atoms with van der Waals surface area (Å²) in [5.74, 6) is -0.367. The summed E-state index contributed by atoms with van der Waals surface area (Å²) in [7, 11) is -3.78. The van der Waals surface area contributed by atoms with E-state index < -0.39 is 10.0 Å². The Morgan fingerprint density at radius 3 is 2.10 bits per heavy atom. The predicted octanol–water partition coefficient (Wildman–Crippen LogP) is 5.64. The van der Waals surface area contributed by atoms with Gasteiger partial charge in [0.1, 0.15) is 0 Å². The maximum absolute atomic E-state index is 12.9. The van der Waals surface area contributed by atoms with E-state index in [4.69, 9.17) is 11.6 Å². The molecule has 2 N–H and O–H groups in total. The van der Waals surface area contributed by atoms with Crippen LogP contribution in [0.25, 0.3) is 0 Å². The van der Waals surface area contributed by atoms with Gasteiger partial charge in [0.2, 0.25) is 0 Å². The van der Waals surface area contributed by atoms with Gasteiger partial charge in [0.25, 0.3) is 15.9 Å². The molecule has 7 heteroatoms. The van der Waals surface area contributed by atoms with Crippen LogP contribution >= 0.6 is 11.6 Å². The first kappa shape index (κ1) is 22.8. The van der Waals surface area contributed by atoms with Crippen LogP contribution in [-0.4, -0.2) is 14.3 Å². The fourth-order valence-electron chi connectivity index (χ4n) is 3.15. The number of nitrogens with one attached hydrogen (secondary N) is 2. The Labute approximate surface area is 188 Å². The highest BCUT2D eigenvalue weighted by Crippen LogP contribution is 2.25. The van der Waals surface area contributed by atoms with Crippen molar-refractivity contribution in [2.75, 3.05) is 4.72 Å². The summed E-state index contributed by atoms with van der Waals surface area (Å²) < 4.78 is 27.9. The first-order chi connectivity index (χ1) is 14.7. The highest BCUT2D eigenvalue weighted by atomic mass is 35.5. The number of rotatable bonds is 7. The molecule has 5 nitrogen and oxygen atoms in total. The Morgan fingerprint density at radius 2 is 1.52 bits per heavy atom. The molecule has 0 saturated carbocycles. The molecule has 0 saturated heterocycles. The first-order valence-electron chi connectivity index (χ1n) is 9.96. The zero-order chi connectivity index (χ0) is 22.6. The Hall–Kier alpha value is -2.83. The first-order valence-corrected chi connectivity index (χ1v) is 11.8. The van der Waals surface area contributed by atoms with Gasteiger partial charge in [-0.2, -0.15) is 0 Å². The predicted molar refractivity (Wildman–Crippen MR) is 125 cm³/mol. The number of halogens is 1. The van der Waals surface area contributed by atoms with Gasteiger partial charge in [-0.15, -0.1) is 0 Å². The number of carbonyl (C=O) groups excluding carboxylic acids is 1. The van der Waals surface area contributed by atoms with Crippen molar-refractivity contribution in [3.05, 3.63) is 94.0 Å². The maximum Gasteiger partial charge on any atom is 0.261 e. The van der Waals surface area contributed by atoms with Crippen molar-refractivity contribution in [1.29, 1.82) is 0 Å². The minimum Gasteiger partial charge on any atom is -0.345 e. The van der Waals surface area contributed by atoms with Crippen LogP contribution in [0.15, 0.2) is 71.6 Å². The third-order valence-electron chi connectivity index (χ3n) is 4.99. The lowest BCUT2D eigenvalue weighted by molar-refractivity contribution is 0.0935. The molecule has 31 heavy (non-hydrogen) atoms. The molecule has 0 aliphatic carbocycles. The smallest absolute Gasteiger partial charge is 0.261 e. The van der Waals surface area contributed by atoms with Crippen LogP contribution in [0, 0.1) is 13.8 Å². The highest BCUT2D eigenvalue weighted by Gasteiger charge is 2.19. The maximum atomic E-state index is 12.9. The number of aryl methyl sites for hydroxylation is 2. The minimum absolute atomic E-state index is 0.143. The minimum atomic E-state index is -3.78. The number of amides is 1. The van der Waals surface area contributed by atoms with E-state index in [1.54, 1.807) is 12.1 Å². The molecule has 0 aliphatic heterocycles. The summed E-state index contributed by atoms with van der Waals surface area (Å²) in [6.45, 7) is 5.87. The second kappa shape index (κ2) is 9.54. The summed E-state index contributed by atoms with van der Waals surface area (Å²) in [5.41, 5.74) is 3.56. The lowest BCUT2D eigenvalue weighted by atomic mass is 10.0. The number of anilines is 1. The number of hydrogen-bond donors (Lipinski definition) is 2. The summed E-state index contributed by atoms with van der Waals surface area (Å²) in [6.07, 6.45) is 0.701. The molecule has 0 aliphatic rings. The topological polar surface area (TPSA) is 75.3 Å². The summed E-state index contributed by atoms with van der Waals surface area (Å²) >= 11 is 6.25. The molecule has 0 fully saturated rings. The van der Waals surface area contributed by atoms with Crippen LogP contribution in [0.3, 0.4) is 0 Å². The van der Waals surface area contributed by atoms with Gasteiger partial charge in [-0.25, -0.2) is 8.42 Å². The molecule has 162 valence electrons. The van der Waals surface area contributed by atoms with Crippen molar-refractivity contribution in [2.45, 2.75) is 38.1 Å². The van der Waals surface area contributed by atoms with E-state index in [1.165, 1.54) is 30.3 Å². The third kappa shape index (κ3) is 5.66. The van der Waals surface area contributed by atoms with Crippen molar-refractivity contribution in [2.24, 2.45) is 0 Å². The third-order valence-corrected chi connectivity index (χ3v) is 6.71. The average Bonchev–Trinajstić information content (AvgIpc) is 2.74. The van der Waals surface area contributed by atoms with Gasteiger partial charge in [0.05, 0.1) is 21.5 Å². The molecular formula is C24H25ClN2O3S. The van der Waals surface area contributed by atoms with E-state index in [-0.39, 0.29) is 33.1 Å². The van der Waals surface area contributed by atoms with Crippen molar-refractivity contribution >= 4 is 33.2 Å². The zero-order valence-corrected chi connectivity index (χ0v) is 19.2. The van der Waals surface area contributed by atoms with Gasteiger partial charge >= 0.3 is 0 Å². The summed E-state index contributed by atoms with van der Waals surface area (Å²) in [5, 5.41) is 3.23. The van der Waals surface area contributed by atoms with Crippen LogP contribution in [0.1, 0.15) is 46.4 Å². The molecule has 3 rings (SSSR count). The molecular weight excluding hydrogens is 432 g/mol. The van der Waals surface area contributed by atoms with E-state index in [9.17, 15) is 13.2 Å². The second-order valence-corrected chi connectivity index (χ2v) is 9.55. The molecule has 0 radical (unpaired) electrons. The number of hydrogen-bond acceptors (Lipinski definition) is 3. The van der Waals surface area contributed by atoms with Gasteiger partial charge in [0.15, 0.2) is 0 Å². The standard InChI is InChI=1S/C24H25ClN2O3S/c1-4-23(18-9-5-16(2)6-10-18)26-24(28)21-15-19(11-14-22(21)25)27-31(29,30)20-12-7-17(3)8-13-20/h5-15,23,27H,4H2,1-3H3,(H,26,28)/t23-/m1/s1. The molecule has 0 aromatic heterocycles. The van der Waals surface area contributed by atoms with Crippen LogP contribution < -0.4 is 10.0 Å². The molecule has 3 aromatic carbocycles. The van der Waals surface area contributed by atoms with E-state index in [1.807, 2.05) is 45.0 Å². The number of benzene rings is 3. The molecule has 3 aromatic rings. The largest absolute Gasteiger partial charge is 0.345 e. The van der Waals surface area contributed by atoms with Gasteiger partial charge in [-0.1, -0.05) is 66.0 Å². The average molecular weight is 457 g/mol. The Morgan fingerprint density at radius 1 is 0.935 bits per heavy atom. The van der Waals surface area contributed by atoms with E-state index >= 15 is 0 Å². The van der Waals surface area contributed by atoms with Crippen LogP contribution in [0.5, 0.6) is 0 Å². The fourth-order valence-corrected chi connectivity index (χ4v) is 4.40. The van der Waals surface area contributed by atoms with E-state index in [2.05, 4.69) is 10.0 Å². The lowest BCUT2D eigenvalue weighted by Gasteiger charge is -2.19. The Bertz CT molecular complexity index is 1170. The van der Waals surface area contributed by atoms with Crippen molar-refractivity contribution in [3.8, 4) is 0 Å². The van der Waals surface area contributed by atoms with Crippen LogP contribution in [0.2, 0.25) is 5.02 Å². The second-order valence-electron chi connectivity index (χ2n) is 7.46.